The Morgan fingerprint density at radius 1 is 1.00 bits per heavy atom. The van der Waals surface area contributed by atoms with Crippen molar-refractivity contribution in [1.29, 1.82) is 0 Å². The molecule has 29 heavy (non-hydrogen) atoms. The van der Waals surface area contributed by atoms with Crippen LogP contribution >= 0.6 is 0 Å². The first-order valence-electron chi connectivity index (χ1n) is 10.3. The summed E-state index contributed by atoms with van der Waals surface area (Å²) in [5.74, 6) is 2.00. The molecule has 2 aliphatic rings. The molecule has 1 atom stereocenters. The van der Waals surface area contributed by atoms with Crippen molar-refractivity contribution < 1.29 is 9.63 Å². The first kappa shape index (κ1) is 18.1. The number of hydrogen-bond donors (Lipinski definition) is 2. The van der Waals surface area contributed by atoms with Crippen LogP contribution in [0.5, 0.6) is 0 Å². The molecule has 7 heteroatoms. The molecule has 0 amide bonds. The average molecular weight is 391 g/mol. The third kappa shape index (κ3) is 3.82. The van der Waals surface area contributed by atoms with Gasteiger partial charge in [-0.2, -0.15) is 4.98 Å². The number of aromatic nitrogens is 3. The Labute approximate surface area is 169 Å². The highest BCUT2D eigenvalue weighted by molar-refractivity contribution is 5.64. The first-order chi connectivity index (χ1) is 14.2. The van der Waals surface area contributed by atoms with Gasteiger partial charge in [0.15, 0.2) is 5.82 Å². The lowest BCUT2D eigenvalue weighted by Gasteiger charge is -2.27. The van der Waals surface area contributed by atoms with Crippen molar-refractivity contribution in [1.82, 2.24) is 15.1 Å². The van der Waals surface area contributed by atoms with Crippen LogP contribution in [0.25, 0.3) is 11.1 Å². The third-order valence-corrected chi connectivity index (χ3v) is 5.93. The zero-order chi connectivity index (χ0) is 19.8. The fourth-order valence-corrected chi connectivity index (χ4v) is 4.06. The molecule has 0 radical (unpaired) electrons. The Hall–Kier alpha value is -2.93. The Morgan fingerprint density at radius 3 is 2.38 bits per heavy atom. The lowest BCUT2D eigenvalue weighted by Crippen LogP contribution is -2.36. The fourth-order valence-electron chi connectivity index (χ4n) is 4.06. The largest absolute Gasteiger partial charge is 0.393 e. The molecule has 2 fully saturated rings. The van der Waals surface area contributed by atoms with Crippen LogP contribution in [-0.2, 0) is 0 Å². The summed E-state index contributed by atoms with van der Waals surface area (Å²) < 4.78 is 5.59. The third-order valence-electron chi connectivity index (χ3n) is 5.93. The standard InChI is InChI=1S/C22H25N5O2/c23-19-8-7-17(13-24-19)14-1-3-15(4-2-14)20(16-5-6-16)21-25-22(29-26-21)27-11-9-18(28)10-12-27/h1-4,7-8,13,16,18,20,28H,5-6,9-12H2,(H2,23,24)/t20-/m0/s1. The maximum absolute atomic E-state index is 9.71. The highest BCUT2D eigenvalue weighted by atomic mass is 16.5. The van der Waals surface area contributed by atoms with Gasteiger partial charge in [0.1, 0.15) is 5.82 Å². The van der Waals surface area contributed by atoms with Crippen LogP contribution < -0.4 is 10.6 Å². The molecule has 7 nitrogen and oxygen atoms in total. The predicted molar refractivity (Wildman–Crippen MR) is 110 cm³/mol. The molecule has 0 spiro atoms. The summed E-state index contributed by atoms with van der Waals surface area (Å²) in [6.07, 6.45) is 5.44. The van der Waals surface area contributed by atoms with Crippen molar-refractivity contribution in [2.75, 3.05) is 23.7 Å². The van der Waals surface area contributed by atoms with Gasteiger partial charge in [-0.25, -0.2) is 4.98 Å². The Bertz CT molecular complexity index is 958. The van der Waals surface area contributed by atoms with Crippen molar-refractivity contribution >= 4 is 11.8 Å². The molecule has 0 unspecified atom stereocenters. The lowest BCUT2D eigenvalue weighted by molar-refractivity contribution is 0.143. The van der Waals surface area contributed by atoms with Crippen molar-refractivity contribution in [2.24, 2.45) is 5.92 Å². The summed E-state index contributed by atoms with van der Waals surface area (Å²) in [6.45, 7) is 1.50. The van der Waals surface area contributed by atoms with Crippen LogP contribution in [0.3, 0.4) is 0 Å². The zero-order valence-electron chi connectivity index (χ0n) is 16.2. The molecule has 150 valence electrons. The van der Waals surface area contributed by atoms with Gasteiger partial charge in [-0.05, 0) is 54.9 Å². The summed E-state index contributed by atoms with van der Waals surface area (Å²) >= 11 is 0. The number of nitrogens with zero attached hydrogens (tertiary/aromatic N) is 4. The van der Waals surface area contributed by atoms with Crippen LogP contribution in [0.4, 0.5) is 11.8 Å². The molecule has 3 N–H and O–H groups in total. The topological polar surface area (TPSA) is 101 Å². The Balaban J connectivity index is 1.37. The minimum atomic E-state index is -0.220. The second kappa shape index (κ2) is 7.48. The van der Waals surface area contributed by atoms with Crippen molar-refractivity contribution in [3.8, 4) is 11.1 Å². The fraction of sp³-hybridized carbons (Fsp3) is 0.409. The molecule has 0 bridgehead atoms. The molecule has 3 aromatic rings. The van der Waals surface area contributed by atoms with Gasteiger partial charge < -0.3 is 20.3 Å². The number of pyridine rings is 1. The van der Waals surface area contributed by atoms with Gasteiger partial charge in [-0.3, -0.25) is 0 Å². The Morgan fingerprint density at radius 2 is 1.72 bits per heavy atom. The molecule has 1 aliphatic carbocycles. The predicted octanol–water partition coefficient (Wildman–Crippen LogP) is 3.22. The number of aliphatic hydroxyl groups excluding tert-OH is 1. The van der Waals surface area contributed by atoms with E-state index in [2.05, 4.69) is 39.3 Å². The van der Waals surface area contributed by atoms with E-state index in [1.165, 1.54) is 18.4 Å². The summed E-state index contributed by atoms with van der Waals surface area (Å²) in [6, 6.07) is 12.9. The van der Waals surface area contributed by atoms with Gasteiger partial charge in [0.05, 0.1) is 12.0 Å². The molecule has 1 aromatic carbocycles. The summed E-state index contributed by atoms with van der Waals surface area (Å²) in [4.78, 5) is 11.0. The minimum absolute atomic E-state index is 0.154. The van der Waals surface area contributed by atoms with Crippen LogP contribution in [0.15, 0.2) is 47.1 Å². The van der Waals surface area contributed by atoms with E-state index in [-0.39, 0.29) is 12.0 Å². The highest BCUT2D eigenvalue weighted by Gasteiger charge is 2.37. The van der Waals surface area contributed by atoms with Gasteiger partial charge in [0.25, 0.3) is 0 Å². The number of nitrogen functional groups attached to an aromatic ring is 1. The van der Waals surface area contributed by atoms with Gasteiger partial charge in [-0.15, -0.1) is 0 Å². The molecular weight excluding hydrogens is 366 g/mol. The smallest absolute Gasteiger partial charge is 0.324 e. The number of anilines is 2. The lowest BCUT2D eigenvalue weighted by atomic mass is 9.92. The van der Waals surface area contributed by atoms with Crippen LogP contribution in [0.1, 0.15) is 43.0 Å². The summed E-state index contributed by atoms with van der Waals surface area (Å²) in [5, 5.41) is 14.0. The number of aliphatic hydroxyl groups is 1. The van der Waals surface area contributed by atoms with E-state index in [1.807, 2.05) is 12.1 Å². The SMILES string of the molecule is Nc1ccc(-c2ccc([C@H](c3noc(N4CCC(O)CC4)n3)C3CC3)cc2)cn1. The number of nitrogens with two attached hydrogens (primary N) is 1. The number of benzene rings is 1. The van der Waals surface area contributed by atoms with Crippen LogP contribution in [0, 0.1) is 5.92 Å². The molecule has 2 aromatic heterocycles. The maximum atomic E-state index is 9.71. The summed E-state index contributed by atoms with van der Waals surface area (Å²) in [7, 11) is 0. The van der Waals surface area contributed by atoms with E-state index in [9.17, 15) is 5.11 Å². The molecule has 1 aliphatic heterocycles. The molecule has 5 rings (SSSR count). The van der Waals surface area contributed by atoms with E-state index in [0.717, 1.165) is 42.9 Å². The molecule has 3 heterocycles. The number of piperidine rings is 1. The molecule has 1 saturated heterocycles. The number of hydrogen-bond acceptors (Lipinski definition) is 7. The monoisotopic (exact) mass is 391 g/mol. The van der Waals surface area contributed by atoms with Crippen molar-refractivity contribution in [3.63, 3.8) is 0 Å². The van der Waals surface area contributed by atoms with Gasteiger partial charge in [0, 0.05) is 24.8 Å². The van der Waals surface area contributed by atoms with E-state index in [4.69, 9.17) is 15.2 Å². The van der Waals surface area contributed by atoms with E-state index >= 15 is 0 Å². The van der Waals surface area contributed by atoms with Gasteiger partial charge in [-0.1, -0.05) is 29.4 Å². The quantitative estimate of drug-likeness (QED) is 0.688. The van der Waals surface area contributed by atoms with Crippen molar-refractivity contribution in [3.05, 3.63) is 54.0 Å². The second-order valence-corrected chi connectivity index (χ2v) is 8.06. The highest BCUT2D eigenvalue weighted by Crippen LogP contribution is 2.46. The normalized spacial score (nSPS) is 18.7. The second-order valence-electron chi connectivity index (χ2n) is 8.06. The van der Waals surface area contributed by atoms with Crippen LogP contribution in [-0.4, -0.2) is 39.4 Å². The molecular formula is C22H25N5O2. The van der Waals surface area contributed by atoms with E-state index in [1.54, 1.807) is 6.20 Å². The van der Waals surface area contributed by atoms with Gasteiger partial charge >= 0.3 is 6.01 Å². The van der Waals surface area contributed by atoms with Crippen molar-refractivity contribution in [2.45, 2.75) is 37.7 Å². The van der Waals surface area contributed by atoms with Gasteiger partial charge in [0.2, 0.25) is 0 Å². The minimum Gasteiger partial charge on any atom is -0.393 e. The first-order valence-corrected chi connectivity index (χ1v) is 10.3. The Kier molecular flexibility index (Phi) is 4.67. The average Bonchev–Trinajstić information content (AvgIpc) is 3.46. The van der Waals surface area contributed by atoms with E-state index < -0.39 is 0 Å². The van der Waals surface area contributed by atoms with Crippen LogP contribution in [0.2, 0.25) is 0 Å². The summed E-state index contributed by atoms with van der Waals surface area (Å²) in [5.41, 5.74) is 9.05. The number of rotatable bonds is 5. The molecule has 1 saturated carbocycles. The zero-order valence-corrected chi connectivity index (χ0v) is 16.2. The van der Waals surface area contributed by atoms with E-state index in [0.29, 0.717) is 17.8 Å². The maximum Gasteiger partial charge on any atom is 0.324 e.